The standard InChI is InChI=1S/C57H35N5O/c1-4-12-35(13-5-1)55-59-56(36-14-6-2-7-15-36)61-57(60-55)41-20-25-44-48-33-40(24-29-53(48)63-54(44)34-41)39-23-28-52-47(32-39)46-31-38(22-27-51(46)62(52)42-16-8-3-9-17-42)37-21-26-50-45(30-37)43-18-10-11-19-49(43)58-50/h1-34,58H. The summed E-state index contributed by atoms with van der Waals surface area (Å²) in [6, 6.07) is 72.5. The number of benzene rings is 9. The molecule has 0 radical (unpaired) electrons. The van der Waals surface area contributed by atoms with Gasteiger partial charge in [-0.1, -0.05) is 127 Å². The molecule has 6 nitrogen and oxygen atoms in total. The van der Waals surface area contributed by atoms with Gasteiger partial charge in [0.05, 0.1) is 11.0 Å². The molecule has 0 saturated carbocycles. The van der Waals surface area contributed by atoms with E-state index in [1.54, 1.807) is 0 Å². The van der Waals surface area contributed by atoms with Gasteiger partial charge in [-0.25, -0.2) is 15.0 Å². The van der Waals surface area contributed by atoms with E-state index in [2.05, 4.69) is 149 Å². The number of hydrogen-bond donors (Lipinski definition) is 1. The molecule has 4 aromatic heterocycles. The Morgan fingerprint density at radius 3 is 1.46 bits per heavy atom. The topological polar surface area (TPSA) is 72.5 Å². The van der Waals surface area contributed by atoms with E-state index in [1.165, 1.54) is 38.2 Å². The number of hydrogen-bond acceptors (Lipinski definition) is 4. The fraction of sp³-hybridized carbons (Fsp3) is 0. The summed E-state index contributed by atoms with van der Waals surface area (Å²) in [4.78, 5) is 18.4. The number of nitrogens with one attached hydrogen (secondary N) is 1. The molecule has 4 heterocycles. The van der Waals surface area contributed by atoms with Gasteiger partial charge < -0.3 is 14.0 Å². The highest BCUT2D eigenvalue weighted by molar-refractivity contribution is 6.13. The molecule has 6 heteroatoms. The first-order valence-corrected chi connectivity index (χ1v) is 21.2. The van der Waals surface area contributed by atoms with Crippen molar-refractivity contribution in [2.75, 3.05) is 0 Å². The molecule has 294 valence electrons. The Balaban J connectivity index is 0.924. The first-order chi connectivity index (χ1) is 31.2. The summed E-state index contributed by atoms with van der Waals surface area (Å²) in [5.41, 5.74) is 14.7. The lowest BCUT2D eigenvalue weighted by molar-refractivity contribution is 0.669. The number of nitrogens with zero attached hydrogens (tertiary/aromatic N) is 4. The molecule has 13 aromatic rings. The normalized spacial score (nSPS) is 11.8. The van der Waals surface area contributed by atoms with Gasteiger partial charge in [0, 0.05) is 65.7 Å². The van der Waals surface area contributed by atoms with E-state index < -0.39 is 0 Å². The van der Waals surface area contributed by atoms with Gasteiger partial charge in [0.1, 0.15) is 11.2 Å². The van der Waals surface area contributed by atoms with Gasteiger partial charge >= 0.3 is 0 Å². The predicted octanol–water partition coefficient (Wildman–Crippen LogP) is 14.8. The molecule has 0 unspecified atom stereocenters. The van der Waals surface area contributed by atoms with Crippen LogP contribution in [-0.4, -0.2) is 24.5 Å². The fourth-order valence-electron chi connectivity index (χ4n) is 9.30. The molecule has 1 N–H and O–H groups in total. The van der Waals surface area contributed by atoms with Crippen molar-refractivity contribution < 1.29 is 4.42 Å². The van der Waals surface area contributed by atoms with E-state index >= 15 is 0 Å². The minimum atomic E-state index is 0.593. The maximum absolute atomic E-state index is 6.54. The second-order valence-corrected chi connectivity index (χ2v) is 16.1. The number of aromatic amines is 1. The molecule has 0 atom stereocenters. The van der Waals surface area contributed by atoms with Crippen LogP contribution in [-0.2, 0) is 0 Å². The zero-order chi connectivity index (χ0) is 41.4. The first-order valence-electron chi connectivity index (χ1n) is 21.2. The molecule has 0 fully saturated rings. The van der Waals surface area contributed by atoms with E-state index in [-0.39, 0.29) is 0 Å². The van der Waals surface area contributed by atoms with Gasteiger partial charge in [-0.15, -0.1) is 0 Å². The smallest absolute Gasteiger partial charge is 0.164 e. The minimum absolute atomic E-state index is 0.593. The number of rotatable bonds is 6. The van der Waals surface area contributed by atoms with Gasteiger partial charge in [-0.3, -0.25) is 0 Å². The molecule has 0 aliphatic carbocycles. The van der Waals surface area contributed by atoms with Crippen molar-refractivity contribution in [3.8, 4) is 62.1 Å². The minimum Gasteiger partial charge on any atom is -0.456 e. The molecule has 9 aromatic carbocycles. The molecule has 0 amide bonds. The summed E-state index contributed by atoms with van der Waals surface area (Å²) in [5.74, 6) is 1.84. The molecule has 0 spiro atoms. The van der Waals surface area contributed by atoms with Crippen LogP contribution in [0.1, 0.15) is 0 Å². The SMILES string of the molecule is c1ccc(-c2nc(-c3ccccc3)nc(-c3ccc4c(c3)oc3ccc(-c5ccc6c(c5)c5cc(-c7ccc8[nH]c9ccccc9c8c7)ccc5n6-c5ccccc5)cc34)n2)cc1. The van der Waals surface area contributed by atoms with Gasteiger partial charge in [0.2, 0.25) is 0 Å². The third kappa shape index (κ3) is 5.84. The van der Waals surface area contributed by atoms with E-state index in [0.717, 1.165) is 72.0 Å². The first kappa shape index (κ1) is 35.2. The van der Waals surface area contributed by atoms with Gasteiger partial charge in [0.15, 0.2) is 17.5 Å². The molecule has 0 bridgehead atoms. The van der Waals surface area contributed by atoms with E-state index in [1.807, 2.05) is 66.7 Å². The summed E-state index contributed by atoms with van der Waals surface area (Å²) in [7, 11) is 0. The van der Waals surface area contributed by atoms with Gasteiger partial charge in [-0.05, 0) is 101 Å². The van der Waals surface area contributed by atoms with Crippen molar-refractivity contribution in [3.05, 3.63) is 206 Å². The molecule has 0 saturated heterocycles. The second-order valence-electron chi connectivity index (χ2n) is 16.1. The maximum Gasteiger partial charge on any atom is 0.164 e. The van der Waals surface area contributed by atoms with Crippen molar-refractivity contribution in [1.82, 2.24) is 24.5 Å². The summed E-state index contributed by atoms with van der Waals surface area (Å²) in [5, 5.41) is 6.97. The monoisotopic (exact) mass is 805 g/mol. The van der Waals surface area contributed by atoms with Crippen LogP contribution in [0, 0.1) is 0 Å². The Bertz CT molecular complexity index is 3850. The number of para-hydroxylation sites is 2. The van der Waals surface area contributed by atoms with E-state index in [9.17, 15) is 0 Å². The average Bonchev–Trinajstić information content (AvgIpc) is 4.03. The van der Waals surface area contributed by atoms with Crippen LogP contribution < -0.4 is 0 Å². The molecule has 0 aliphatic heterocycles. The van der Waals surface area contributed by atoms with Crippen LogP contribution in [0.4, 0.5) is 0 Å². The Labute approximate surface area is 361 Å². The highest BCUT2D eigenvalue weighted by Crippen LogP contribution is 2.40. The van der Waals surface area contributed by atoms with E-state index in [0.29, 0.717) is 17.5 Å². The Morgan fingerprint density at radius 2 is 0.810 bits per heavy atom. The number of aromatic nitrogens is 5. The third-order valence-corrected chi connectivity index (χ3v) is 12.4. The van der Waals surface area contributed by atoms with Crippen LogP contribution in [0.25, 0.3) is 128 Å². The van der Waals surface area contributed by atoms with Crippen LogP contribution in [0.3, 0.4) is 0 Å². The van der Waals surface area contributed by atoms with Crippen molar-refractivity contribution in [1.29, 1.82) is 0 Å². The highest BCUT2D eigenvalue weighted by Gasteiger charge is 2.18. The van der Waals surface area contributed by atoms with Crippen LogP contribution in [0.15, 0.2) is 211 Å². The van der Waals surface area contributed by atoms with Crippen molar-refractivity contribution in [2.24, 2.45) is 0 Å². The number of furan rings is 1. The van der Waals surface area contributed by atoms with Crippen LogP contribution >= 0.6 is 0 Å². The molecule has 0 aliphatic rings. The lowest BCUT2D eigenvalue weighted by Gasteiger charge is -2.09. The average molecular weight is 806 g/mol. The van der Waals surface area contributed by atoms with Gasteiger partial charge in [0.25, 0.3) is 0 Å². The number of fused-ring (bicyclic) bond motifs is 9. The second kappa shape index (κ2) is 14.0. The van der Waals surface area contributed by atoms with Crippen molar-refractivity contribution >= 4 is 65.6 Å². The Hall–Kier alpha value is -8.61. The largest absolute Gasteiger partial charge is 0.456 e. The summed E-state index contributed by atoms with van der Waals surface area (Å²) in [6.07, 6.45) is 0. The predicted molar refractivity (Wildman–Crippen MR) is 258 cm³/mol. The van der Waals surface area contributed by atoms with Crippen molar-refractivity contribution in [3.63, 3.8) is 0 Å². The Morgan fingerprint density at radius 1 is 0.317 bits per heavy atom. The molecular formula is C57H35N5O. The quantitative estimate of drug-likeness (QED) is 0.182. The summed E-state index contributed by atoms with van der Waals surface area (Å²) in [6.45, 7) is 0. The third-order valence-electron chi connectivity index (χ3n) is 12.4. The summed E-state index contributed by atoms with van der Waals surface area (Å²) < 4.78 is 8.92. The van der Waals surface area contributed by atoms with Crippen LogP contribution in [0.2, 0.25) is 0 Å². The van der Waals surface area contributed by atoms with E-state index in [4.69, 9.17) is 19.4 Å². The Kier molecular flexibility index (Phi) is 7.80. The molecular weight excluding hydrogens is 771 g/mol. The summed E-state index contributed by atoms with van der Waals surface area (Å²) >= 11 is 0. The van der Waals surface area contributed by atoms with Gasteiger partial charge in [-0.2, -0.15) is 0 Å². The molecule has 13 rings (SSSR count). The molecule has 63 heavy (non-hydrogen) atoms. The number of H-pyrrole nitrogens is 1. The zero-order valence-electron chi connectivity index (χ0n) is 33.8. The fourth-order valence-corrected chi connectivity index (χ4v) is 9.30. The lowest BCUT2D eigenvalue weighted by Crippen LogP contribution is -2.00. The van der Waals surface area contributed by atoms with Crippen molar-refractivity contribution in [2.45, 2.75) is 0 Å². The zero-order valence-corrected chi connectivity index (χ0v) is 33.8. The van der Waals surface area contributed by atoms with Crippen LogP contribution in [0.5, 0.6) is 0 Å². The maximum atomic E-state index is 6.54. The highest BCUT2D eigenvalue weighted by atomic mass is 16.3. The lowest BCUT2D eigenvalue weighted by atomic mass is 9.98.